The van der Waals surface area contributed by atoms with Crippen molar-refractivity contribution in [3.8, 4) is 0 Å². The molecule has 82 valence electrons. The highest BCUT2D eigenvalue weighted by atomic mass is 16.1. The van der Waals surface area contributed by atoms with Crippen molar-refractivity contribution in [2.45, 2.75) is 32.4 Å². The quantitative estimate of drug-likeness (QED) is 0.696. The lowest BCUT2D eigenvalue weighted by atomic mass is 10.3. The number of aromatic nitrogens is 2. The van der Waals surface area contributed by atoms with Crippen molar-refractivity contribution in [1.82, 2.24) is 14.5 Å². The number of nitrogens with zero attached hydrogens (tertiary/aromatic N) is 3. The Morgan fingerprint density at radius 3 is 2.93 bits per heavy atom. The Labute approximate surface area is 89.9 Å². The Balaban J connectivity index is 1.98. The summed E-state index contributed by atoms with van der Waals surface area (Å²) >= 11 is 0. The number of likely N-dealkylation sites (tertiary alicyclic amines) is 1. The molecule has 1 unspecified atom stereocenters. The monoisotopic (exact) mass is 207 g/mol. The molecule has 4 nitrogen and oxygen atoms in total. The highest BCUT2D eigenvalue weighted by molar-refractivity contribution is 5.71. The molecule has 15 heavy (non-hydrogen) atoms. The van der Waals surface area contributed by atoms with E-state index in [0.29, 0.717) is 11.7 Å². The molecule has 0 saturated carbocycles. The molecule has 4 heteroatoms. The predicted molar refractivity (Wildman–Crippen MR) is 57.9 cm³/mol. The molecule has 1 aromatic rings. The topological polar surface area (TPSA) is 38.1 Å². The van der Waals surface area contributed by atoms with Gasteiger partial charge in [-0.15, -0.1) is 0 Å². The molecule has 0 amide bonds. The first-order valence-electron chi connectivity index (χ1n) is 5.50. The van der Waals surface area contributed by atoms with Gasteiger partial charge in [-0.1, -0.05) is 0 Å². The van der Waals surface area contributed by atoms with Crippen LogP contribution in [-0.4, -0.2) is 39.9 Å². The number of carbonyl (C=O) groups is 1. The summed E-state index contributed by atoms with van der Waals surface area (Å²) in [7, 11) is 0. The summed E-state index contributed by atoms with van der Waals surface area (Å²) in [4.78, 5) is 17.2. The highest BCUT2D eigenvalue weighted by Gasteiger charge is 2.18. The highest BCUT2D eigenvalue weighted by Crippen LogP contribution is 2.13. The minimum Gasteiger partial charge on any atom is -0.327 e. The van der Waals surface area contributed by atoms with Crippen molar-refractivity contribution >= 4 is 6.29 Å². The SMILES string of the molecule is CC(Cn1cncc1C=O)N1CCCC1. The maximum Gasteiger partial charge on any atom is 0.168 e. The van der Waals surface area contributed by atoms with Crippen LogP contribution in [0.5, 0.6) is 0 Å². The smallest absolute Gasteiger partial charge is 0.168 e. The molecule has 0 radical (unpaired) electrons. The van der Waals surface area contributed by atoms with E-state index < -0.39 is 0 Å². The van der Waals surface area contributed by atoms with E-state index in [1.165, 1.54) is 25.9 Å². The van der Waals surface area contributed by atoms with Gasteiger partial charge in [-0.2, -0.15) is 0 Å². The number of aldehydes is 1. The summed E-state index contributed by atoms with van der Waals surface area (Å²) in [6, 6.07) is 0.486. The number of hydrogen-bond acceptors (Lipinski definition) is 3. The zero-order valence-electron chi connectivity index (χ0n) is 9.09. The van der Waals surface area contributed by atoms with Crippen molar-refractivity contribution in [1.29, 1.82) is 0 Å². The number of rotatable bonds is 4. The van der Waals surface area contributed by atoms with Gasteiger partial charge in [0.25, 0.3) is 0 Å². The molecule has 1 fully saturated rings. The molecule has 1 atom stereocenters. The van der Waals surface area contributed by atoms with Crippen LogP contribution >= 0.6 is 0 Å². The standard InChI is InChI=1S/C11H17N3O/c1-10(13-4-2-3-5-13)7-14-9-12-6-11(14)8-15/h6,8-10H,2-5,7H2,1H3. The van der Waals surface area contributed by atoms with Gasteiger partial charge in [-0.05, 0) is 32.9 Å². The van der Waals surface area contributed by atoms with Crippen LogP contribution in [0.1, 0.15) is 30.3 Å². The fourth-order valence-electron chi connectivity index (χ4n) is 2.16. The summed E-state index contributed by atoms with van der Waals surface area (Å²) in [5, 5.41) is 0. The molecule has 1 aliphatic rings. The Morgan fingerprint density at radius 1 is 1.53 bits per heavy atom. The molecule has 1 saturated heterocycles. The Hall–Kier alpha value is -1.16. The van der Waals surface area contributed by atoms with Crippen LogP contribution in [0, 0.1) is 0 Å². The van der Waals surface area contributed by atoms with Crippen molar-refractivity contribution in [3.05, 3.63) is 18.2 Å². The average molecular weight is 207 g/mol. The van der Waals surface area contributed by atoms with Gasteiger partial charge >= 0.3 is 0 Å². The van der Waals surface area contributed by atoms with Gasteiger partial charge < -0.3 is 4.57 Å². The Bertz CT molecular complexity index is 328. The summed E-state index contributed by atoms with van der Waals surface area (Å²) < 4.78 is 1.93. The first kappa shape index (κ1) is 10.4. The van der Waals surface area contributed by atoms with E-state index in [1.54, 1.807) is 12.5 Å². The number of carbonyl (C=O) groups excluding carboxylic acids is 1. The van der Waals surface area contributed by atoms with Crippen LogP contribution < -0.4 is 0 Å². The Kier molecular flexibility index (Phi) is 3.16. The lowest BCUT2D eigenvalue weighted by Gasteiger charge is -2.24. The second kappa shape index (κ2) is 4.57. The molecular weight excluding hydrogens is 190 g/mol. The fourth-order valence-corrected chi connectivity index (χ4v) is 2.16. The van der Waals surface area contributed by atoms with Gasteiger partial charge in [0.2, 0.25) is 0 Å². The average Bonchev–Trinajstić information content (AvgIpc) is 2.87. The maximum atomic E-state index is 10.7. The number of hydrogen-bond donors (Lipinski definition) is 0. The summed E-state index contributed by atoms with van der Waals surface area (Å²) in [5.74, 6) is 0. The van der Waals surface area contributed by atoms with Gasteiger partial charge in [0.05, 0.1) is 12.5 Å². The zero-order chi connectivity index (χ0) is 10.7. The van der Waals surface area contributed by atoms with E-state index in [-0.39, 0.29) is 0 Å². The molecule has 0 bridgehead atoms. The van der Waals surface area contributed by atoms with E-state index >= 15 is 0 Å². The molecular formula is C11H17N3O. The van der Waals surface area contributed by atoms with Gasteiger partial charge in [0, 0.05) is 12.6 Å². The van der Waals surface area contributed by atoms with Crippen molar-refractivity contribution < 1.29 is 4.79 Å². The van der Waals surface area contributed by atoms with Crippen LogP contribution in [0.25, 0.3) is 0 Å². The minimum atomic E-state index is 0.486. The van der Waals surface area contributed by atoms with Gasteiger partial charge in [-0.3, -0.25) is 9.69 Å². The van der Waals surface area contributed by atoms with Crippen molar-refractivity contribution in [3.63, 3.8) is 0 Å². The molecule has 2 heterocycles. The second-order valence-electron chi connectivity index (χ2n) is 4.18. The first-order chi connectivity index (χ1) is 7.31. The van der Waals surface area contributed by atoms with E-state index in [2.05, 4.69) is 16.8 Å². The van der Waals surface area contributed by atoms with E-state index in [1.807, 2.05) is 4.57 Å². The fraction of sp³-hybridized carbons (Fsp3) is 0.636. The van der Waals surface area contributed by atoms with E-state index in [9.17, 15) is 4.79 Å². The van der Waals surface area contributed by atoms with Crippen LogP contribution in [0.2, 0.25) is 0 Å². The molecule has 2 rings (SSSR count). The summed E-state index contributed by atoms with van der Waals surface area (Å²) in [5.41, 5.74) is 0.668. The Morgan fingerprint density at radius 2 is 2.27 bits per heavy atom. The van der Waals surface area contributed by atoms with E-state index in [0.717, 1.165) is 12.8 Å². The molecule has 1 aliphatic heterocycles. The van der Waals surface area contributed by atoms with E-state index in [4.69, 9.17) is 0 Å². The second-order valence-corrected chi connectivity index (χ2v) is 4.18. The minimum absolute atomic E-state index is 0.486. The third-order valence-electron chi connectivity index (χ3n) is 3.09. The van der Waals surface area contributed by atoms with Gasteiger partial charge in [0.15, 0.2) is 6.29 Å². The normalized spacial score (nSPS) is 19.3. The zero-order valence-corrected chi connectivity index (χ0v) is 9.09. The largest absolute Gasteiger partial charge is 0.327 e. The van der Waals surface area contributed by atoms with Crippen LogP contribution in [-0.2, 0) is 6.54 Å². The lowest BCUT2D eigenvalue weighted by molar-refractivity contribution is 0.111. The van der Waals surface area contributed by atoms with Gasteiger partial charge in [-0.25, -0.2) is 4.98 Å². The predicted octanol–water partition coefficient (Wildman–Crippen LogP) is 1.18. The van der Waals surface area contributed by atoms with Crippen LogP contribution in [0.4, 0.5) is 0 Å². The third kappa shape index (κ3) is 2.26. The molecule has 1 aromatic heterocycles. The lowest BCUT2D eigenvalue weighted by Crippen LogP contribution is -2.33. The summed E-state index contributed by atoms with van der Waals surface area (Å²) in [6.45, 7) is 5.44. The van der Waals surface area contributed by atoms with Crippen molar-refractivity contribution in [2.24, 2.45) is 0 Å². The molecule has 0 aliphatic carbocycles. The molecule has 0 aromatic carbocycles. The first-order valence-corrected chi connectivity index (χ1v) is 5.50. The maximum absolute atomic E-state index is 10.7. The summed E-state index contributed by atoms with van der Waals surface area (Å²) in [6.07, 6.45) is 6.81. The van der Waals surface area contributed by atoms with Crippen LogP contribution in [0.15, 0.2) is 12.5 Å². The third-order valence-corrected chi connectivity index (χ3v) is 3.09. The number of imidazole rings is 1. The van der Waals surface area contributed by atoms with Crippen molar-refractivity contribution in [2.75, 3.05) is 13.1 Å². The van der Waals surface area contributed by atoms with Crippen LogP contribution in [0.3, 0.4) is 0 Å². The van der Waals surface area contributed by atoms with Gasteiger partial charge in [0.1, 0.15) is 5.69 Å². The molecule has 0 N–H and O–H groups in total. The molecule has 0 spiro atoms.